The largest absolute Gasteiger partial charge is 0.0616 e. The SMILES string of the molecule is CC1(C)c2ccc3ccccc3c2-c2cccc(-c3ccc(-c4c5ccccc5c(-c5cccc(-c6cc7ccccc7c7ccccc67)c5)c5ccccc45)cc3)c21. The molecule has 0 nitrogen and oxygen atoms in total. The Kier molecular flexibility index (Phi) is 7.38. The van der Waals surface area contributed by atoms with Gasteiger partial charge in [-0.15, -0.1) is 0 Å². The van der Waals surface area contributed by atoms with Gasteiger partial charge in [0.25, 0.3) is 0 Å². The number of benzene rings is 11. The molecule has 0 saturated carbocycles. The predicted octanol–water partition coefficient (Wildman–Crippen LogP) is 16.4. The lowest BCUT2D eigenvalue weighted by Crippen LogP contribution is -2.16. The molecule has 0 fully saturated rings. The molecular weight excluding hydrogens is 709 g/mol. The van der Waals surface area contributed by atoms with Crippen LogP contribution in [0.15, 0.2) is 206 Å². The summed E-state index contributed by atoms with van der Waals surface area (Å²) in [5.41, 5.74) is 15.5. The molecule has 0 spiro atoms. The molecule has 1 aliphatic carbocycles. The Hall–Kier alpha value is -7.28. The Morgan fingerprint density at radius 2 is 0.780 bits per heavy atom. The fraction of sp³-hybridized carbons (Fsp3) is 0.0508. The minimum Gasteiger partial charge on any atom is -0.0616 e. The van der Waals surface area contributed by atoms with Gasteiger partial charge < -0.3 is 0 Å². The zero-order chi connectivity index (χ0) is 39.2. The van der Waals surface area contributed by atoms with Crippen LogP contribution in [0.3, 0.4) is 0 Å². The van der Waals surface area contributed by atoms with Crippen molar-refractivity contribution in [3.8, 4) is 55.6 Å². The minimum absolute atomic E-state index is 0.120. The van der Waals surface area contributed by atoms with Gasteiger partial charge >= 0.3 is 0 Å². The van der Waals surface area contributed by atoms with Crippen LogP contribution >= 0.6 is 0 Å². The fourth-order valence-electron chi connectivity index (χ4n) is 10.6. The molecule has 0 aromatic heterocycles. The van der Waals surface area contributed by atoms with Crippen molar-refractivity contribution in [1.29, 1.82) is 0 Å². The second kappa shape index (κ2) is 12.9. The molecule has 11 aromatic carbocycles. The van der Waals surface area contributed by atoms with Gasteiger partial charge in [0, 0.05) is 5.41 Å². The van der Waals surface area contributed by atoms with E-state index in [1.165, 1.54) is 121 Å². The first kappa shape index (κ1) is 33.8. The van der Waals surface area contributed by atoms with Crippen molar-refractivity contribution in [3.63, 3.8) is 0 Å². The molecule has 59 heavy (non-hydrogen) atoms. The maximum atomic E-state index is 2.40. The smallest absolute Gasteiger partial charge is 0.0165 e. The third kappa shape index (κ3) is 5.03. The van der Waals surface area contributed by atoms with Gasteiger partial charge in [0.2, 0.25) is 0 Å². The average Bonchev–Trinajstić information content (AvgIpc) is 3.54. The van der Waals surface area contributed by atoms with Crippen molar-refractivity contribution in [3.05, 3.63) is 217 Å². The van der Waals surface area contributed by atoms with Gasteiger partial charge in [0.15, 0.2) is 0 Å². The maximum Gasteiger partial charge on any atom is 0.0165 e. The van der Waals surface area contributed by atoms with Crippen LogP contribution in [0, 0.1) is 0 Å². The molecule has 0 N–H and O–H groups in total. The molecule has 0 bridgehead atoms. The highest BCUT2D eigenvalue weighted by atomic mass is 14.4. The standard InChI is InChI=1S/C59H40/c1-59(2)54-34-33-37-15-3-6-20-44(37)57(54)52-28-14-27-45(58(52)59)38-29-31-39(32-30-38)55-48-23-9-11-25-50(48)56(51-26-12-10-24-49(51)55)42-18-13-17-40(35-42)53-36-41-16-4-5-19-43(41)46-21-7-8-22-47(46)53/h3-36H,1-2H3. The van der Waals surface area contributed by atoms with Crippen LogP contribution in [0.25, 0.3) is 109 Å². The van der Waals surface area contributed by atoms with Crippen LogP contribution in [0.5, 0.6) is 0 Å². The van der Waals surface area contributed by atoms with Gasteiger partial charge in [-0.25, -0.2) is 0 Å². The lowest BCUT2D eigenvalue weighted by Gasteiger charge is -2.25. The van der Waals surface area contributed by atoms with E-state index >= 15 is 0 Å². The third-order valence-electron chi connectivity index (χ3n) is 13.2. The normalized spacial score (nSPS) is 13.1. The zero-order valence-corrected chi connectivity index (χ0v) is 33.1. The van der Waals surface area contributed by atoms with Crippen LogP contribution < -0.4 is 0 Å². The van der Waals surface area contributed by atoms with Crippen LogP contribution in [0.4, 0.5) is 0 Å². The first-order valence-corrected chi connectivity index (χ1v) is 20.8. The Morgan fingerprint density at radius 1 is 0.271 bits per heavy atom. The molecule has 12 rings (SSSR count). The summed E-state index contributed by atoms with van der Waals surface area (Å²) in [6.07, 6.45) is 0. The molecule has 0 aliphatic heterocycles. The van der Waals surface area contributed by atoms with Gasteiger partial charge in [0.1, 0.15) is 0 Å². The highest BCUT2D eigenvalue weighted by Gasteiger charge is 2.38. The van der Waals surface area contributed by atoms with E-state index in [9.17, 15) is 0 Å². The summed E-state index contributed by atoms with van der Waals surface area (Å²) in [6, 6.07) is 76.8. The van der Waals surface area contributed by atoms with Crippen molar-refractivity contribution in [2.45, 2.75) is 19.3 Å². The number of fused-ring (bicyclic) bond motifs is 10. The summed E-state index contributed by atoms with van der Waals surface area (Å²) in [7, 11) is 0. The number of hydrogen-bond donors (Lipinski definition) is 0. The minimum atomic E-state index is -0.120. The van der Waals surface area contributed by atoms with Crippen molar-refractivity contribution >= 4 is 53.9 Å². The van der Waals surface area contributed by atoms with E-state index in [0.29, 0.717) is 0 Å². The van der Waals surface area contributed by atoms with E-state index in [2.05, 4.69) is 220 Å². The van der Waals surface area contributed by atoms with Gasteiger partial charge in [-0.2, -0.15) is 0 Å². The topological polar surface area (TPSA) is 0 Å². The first-order valence-electron chi connectivity index (χ1n) is 20.8. The van der Waals surface area contributed by atoms with Gasteiger partial charge in [-0.05, 0) is 133 Å². The summed E-state index contributed by atoms with van der Waals surface area (Å²) < 4.78 is 0. The van der Waals surface area contributed by atoms with Crippen LogP contribution in [-0.2, 0) is 5.41 Å². The van der Waals surface area contributed by atoms with Crippen LogP contribution in [0.2, 0.25) is 0 Å². The van der Waals surface area contributed by atoms with Gasteiger partial charge in [-0.1, -0.05) is 208 Å². The summed E-state index contributed by atoms with van der Waals surface area (Å²) >= 11 is 0. The van der Waals surface area contributed by atoms with E-state index < -0.39 is 0 Å². The van der Waals surface area contributed by atoms with E-state index in [4.69, 9.17) is 0 Å². The van der Waals surface area contributed by atoms with Crippen molar-refractivity contribution in [2.24, 2.45) is 0 Å². The van der Waals surface area contributed by atoms with E-state index in [-0.39, 0.29) is 5.41 Å². The van der Waals surface area contributed by atoms with Gasteiger partial charge in [-0.3, -0.25) is 0 Å². The molecule has 0 unspecified atom stereocenters. The lowest BCUT2D eigenvalue weighted by atomic mass is 9.78. The van der Waals surface area contributed by atoms with Gasteiger partial charge in [0.05, 0.1) is 0 Å². The first-order chi connectivity index (χ1) is 29.0. The quantitative estimate of drug-likeness (QED) is 0.124. The van der Waals surface area contributed by atoms with Crippen molar-refractivity contribution in [1.82, 2.24) is 0 Å². The molecule has 1 aliphatic rings. The highest BCUT2D eigenvalue weighted by molar-refractivity contribution is 6.22. The summed E-state index contributed by atoms with van der Waals surface area (Å²) in [5, 5.41) is 12.8. The molecule has 11 aromatic rings. The second-order valence-electron chi connectivity index (χ2n) is 16.8. The van der Waals surface area contributed by atoms with Crippen LogP contribution in [-0.4, -0.2) is 0 Å². The summed E-state index contributed by atoms with van der Waals surface area (Å²) in [6.45, 7) is 4.79. The molecular formula is C59H40. The summed E-state index contributed by atoms with van der Waals surface area (Å²) in [4.78, 5) is 0. The molecule has 0 heteroatoms. The predicted molar refractivity (Wildman–Crippen MR) is 253 cm³/mol. The van der Waals surface area contributed by atoms with E-state index in [0.717, 1.165) is 0 Å². The summed E-state index contributed by atoms with van der Waals surface area (Å²) in [5.74, 6) is 0. The molecule has 0 radical (unpaired) electrons. The molecule has 0 amide bonds. The third-order valence-corrected chi connectivity index (χ3v) is 13.2. The average molecular weight is 749 g/mol. The molecule has 276 valence electrons. The second-order valence-corrected chi connectivity index (χ2v) is 16.8. The Bertz CT molecular complexity index is 3450. The van der Waals surface area contributed by atoms with Crippen molar-refractivity contribution < 1.29 is 0 Å². The van der Waals surface area contributed by atoms with Crippen molar-refractivity contribution in [2.75, 3.05) is 0 Å². The monoisotopic (exact) mass is 748 g/mol. The maximum absolute atomic E-state index is 2.40. The zero-order valence-electron chi connectivity index (χ0n) is 33.1. The number of hydrogen-bond acceptors (Lipinski definition) is 0. The fourth-order valence-corrected chi connectivity index (χ4v) is 10.6. The van der Waals surface area contributed by atoms with E-state index in [1.807, 2.05) is 0 Å². The van der Waals surface area contributed by atoms with E-state index in [1.54, 1.807) is 0 Å². The highest BCUT2D eigenvalue weighted by Crippen LogP contribution is 2.54. The Labute approximate surface area is 344 Å². The molecule has 0 atom stereocenters. The van der Waals surface area contributed by atoms with Crippen LogP contribution in [0.1, 0.15) is 25.0 Å². The Balaban J connectivity index is 1.01. The lowest BCUT2D eigenvalue weighted by molar-refractivity contribution is 0.662. The molecule has 0 saturated heterocycles. The number of rotatable bonds is 4. The Morgan fingerprint density at radius 3 is 1.47 bits per heavy atom. The molecule has 0 heterocycles.